The molecule has 0 aromatic heterocycles. The quantitative estimate of drug-likeness (QED) is 0.407. The Hall–Kier alpha value is -2.30. The van der Waals surface area contributed by atoms with Gasteiger partial charge in [0.2, 0.25) is 0 Å². The Morgan fingerprint density at radius 3 is 1.17 bits per heavy atom. The first kappa shape index (κ1) is 21.0. The van der Waals surface area contributed by atoms with Gasteiger partial charge < -0.3 is 5.11 Å². The van der Waals surface area contributed by atoms with E-state index in [1.807, 2.05) is 0 Å². The zero-order valence-corrected chi connectivity index (χ0v) is 18.7. The van der Waals surface area contributed by atoms with Crippen LogP contribution in [0.4, 0.5) is 0 Å². The van der Waals surface area contributed by atoms with Gasteiger partial charge in [0.15, 0.2) is 0 Å². The van der Waals surface area contributed by atoms with Crippen LogP contribution in [0.5, 0.6) is 0 Å². The Kier molecular flexibility index (Phi) is 7.44. The van der Waals surface area contributed by atoms with Crippen molar-refractivity contribution in [2.45, 2.75) is 5.66 Å². The minimum Gasteiger partial charge on any atom is -0.396 e. The van der Waals surface area contributed by atoms with Gasteiger partial charge in [-0.1, -0.05) is 121 Å². The first-order chi connectivity index (χ1) is 14.9. The van der Waals surface area contributed by atoms with Crippen molar-refractivity contribution < 1.29 is 5.11 Å². The van der Waals surface area contributed by atoms with E-state index in [2.05, 4.69) is 121 Å². The van der Waals surface area contributed by atoms with Gasteiger partial charge in [0.05, 0.1) is 6.61 Å². The largest absolute Gasteiger partial charge is 0.396 e. The highest BCUT2D eigenvalue weighted by Crippen LogP contribution is 2.46. The van der Waals surface area contributed by atoms with Gasteiger partial charge in [-0.15, -0.1) is 0 Å². The third-order valence-electron chi connectivity index (χ3n) is 5.17. The van der Waals surface area contributed by atoms with Crippen molar-refractivity contribution >= 4 is 37.1 Å². The minimum absolute atomic E-state index is 0.188. The summed E-state index contributed by atoms with van der Waals surface area (Å²) in [5, 5.41) is 16.0. The van der Waals surface area contributed by atoms with Crippen molar-refractivity contribution in [2.24, 2.45) is 0 Å². The van der Waals surface area contributed by atoms with Crippen molar-refractivity contribution in [3.05, 3.63) is 121 Å². The summed E-state index contributed by atoms with van der Waals surface area (Å²) in [6.45, 7) is 0.188. The predicted octanol–water partition coefficient (Wildman–Crippen LogP) is 4.61. The summed E-state index contributed by atoms with van der Waals surface area (Å²) in [4.78, 5) is 0. The third-order valence-corrected chi connectivity index (χ3v) is 10.9. The highest BCUT2D eigenvalue weighted by Gasteiger charge is 2.28. The van der Waals surface area contributed by atoms with E-state index in [0.29, 0.717) is 0 Å². The van der Waals surface area contributed by atoms with Crippen LogP contribution in [0.3, 0.4) is 0 Å². The van der Waals surface area contributed by atoms with Crippen LogP contribution in [0.25, 0.3) is 0 Å². The Morgan fingerprint density at radius 1 is 0.500 bits per heavy atom. The molecule has 0 fully saturated rings. The summed E-state index contributed by atoms with van der Waals surface area (Å²) < 4.78 is 0. The molecule has 4 rings (SSSR count). The molecule has 3 heteroatoms. The lowest BCUT2D eigenvalue weighted by Crippen LogP contribution is -2.29. The minimum atomic E-state index is -0.661. The van der Waals surface area contributed by atoms with Crippen LogP contribution in [-0.4, -0.2) is 23.5 Å². The lowest BCUT2D eigenvalue weighted by molar-refractivity contribution is 0.300. The molecular weight excluding hydrogens is 402 g/mol. The lowest BCUT2D eigenvalue weighted by atomic mass is 10.4. The van der Waals surface area contributed by atoms with Gasteiger partial charge in [-0.3, -0.25) is 0 Å². The summed E-state index contributed by atoms with van der Waals surface area (Å²) in [5.41, 5.74) is 0.191. The Bertz CT molecular complexity index is 929. The van der Waals surface area contributed by atoms with Gasteiger partial charge in [0.25, 0.3) is 0 Å². The fraction of sp³-hybridized carbons (Fsp3) is 0.111. The Labute approximate surface area is 181 Å². The second kappa shape index (κ2) is 10.6. The molecule has 0 aliphatic rings. The number of benzene rings is 4. The van der Waals surface area contributed by atoms with Gasteiger partial charge in [-0.2, -0.15) is 0 Å². The monoisotopic (exact) mass is 428 g/mol. The molecule has 0 saturated carbocycles. The van der Waals surface area contributed by atoms with Crippen LogP contribution >= 0.6 is 15.8 Å². The van der Waals surface area contributed by atoms with Crippen LogP contribution in [0.15, 0.2) is 121 Å². The Morgan fingerprint density at radius 2 is 0.833 bits per heavy atom. The molecule has 0 radical (unpaired) electrons. The average molecular weight is 428 g/mol. The SMILES string of the molecule is OCC(CP(c1ccccc1)c1ccccc1)P(c1ccccc1)c1ccccc1. The lowest BCUT2D eigenvalue weighted by Gasteiger charge is -2.31. The van der Waals surface area contributed by atoms with E-state index in [0.717, 1.165) is 6.16 Å². The topological polar surface area (TPSA) is 20.2 Å². The number of hydrogen-bond donors (Lipinski definition) is 1. The van der Waals surface area contributed by atoms with Crippen molar-refractivity contribution in [3.63, 3.8) is 0 Å². The van der Waals surface area contributed by atoms with E-state index >= 15 is 0 Å². The molecule has 1 atom stereocenters. The molecular formula is C27H26OP2. The Balaban J connectivity index is 1.74. The molecule has 0 saturated heterocycles. The molecule has 1 N–H and O–H groups in total. The molecule has 1 nitrogen and oxygen atoms in total. The maximum Gasteiger partial charge on any atom is 0.0508 e. The van der Waals surface area contributed by atoms with Gasteiger partial charge in [0, 0.05) is 5.66 Å². The van der Waals surface area contributed by atoms with Crippen LogP contribution in [0, 0.1) is 0 Å². The van der Waals surface area contributed by atoms with Gasteiger partial charge in [0.1, 0.15) is 0 Å². The number of rotatable bonds is 8. The molecule has 0 bridgehead atoms. The molecule has 0 aliphatic heterocycles. The molecule has 30 heavy (non-hydrogen) atoms. The predicted molar refractivity (Wildman–Crippen MR) is 134 cm³/mol. The number of aliphatic hydroxyl groups is 1. The number of hydrogen-bond acceptors (Lipinski definition) is 1. The fourth-order valence-corrected chi connectivity index (χ4v) is 9.51. The first-order valence-corrected chi connectivity index (χ1v) is 13.2. The van der Waals surface area contributed by atoms with Gasteiger partial charge in [-0.25, -0.2) is 0 Å². The third kappa shape index (κ3) is 5.05. The van der Waals surface area contributed by atoms with Crippen molar-refractivity contribution in [1.82, 2.24) is 0 Å². The van der Waals surface area contributed by atoms with Crippen LogP contribution in [0.1, 0.15) is 0 Å². The maximum atomic E-state index is 10.6. The summed E-state index contributed by atoms with van der Waals surface area (Å²) in [7, 11) is -1.21. The second-order valence-corrected chi connectivity index (χ2v) is 11.9. The molecule has 4 aromatic carbocycles. The number of aliphatic hydroxyl groups excluding tert-OH is 1. The van der Waals surface area contributed by atoms with Crippen molar-refractivity contribution in [3.8, 4) is 0 Å². The van der Waals surface area contributed by atoms with Gasteiger partial charge in [-0.05, 0) is 43.2 Å². The van der Waals surface area contributed by atoms with Crippen molar-refractivity contribution in [1.29, 1.82) is 0 Å². The molecule has 0 heterocycles. The highest BCUT2D eigenvalue weighted by atomic mass is 31.1. The zero-order valence-electron chi connectivity index (χ0n) is 16.9. The van der Waals surface area contributed by atoms with E-state index in [-0.39, 0.29) is 12.3 Å². The molecule has 1 unspecified atom stereocenters. The highest BCUT2D eigenvalue weighted by molar-refractivity contribution is 7.77. The van der Waals surface area contributed by atoms with Gasteiger partial charge >= 0.3 is 0 Å². The van der Waals surface area contributed by atoms with Crippen LogP contribution < -0.4 is 21.2 Å². The molecule has 4 aromatic rings. The molecule has 0 aliphatic carbocycles. The summed E-state index contributed by atoms with van der Waals surface area (Å²) in [6, 6.07) is 43.0. The average Bonchev–Trinajstić information content (AvgIpc) is 2.84. The summed E-state index contributed by atoms with van der Waals surface area (Å²) in [6.07, 6.45) is 0.968. The van der Waals surface area contributed by atoms with E-state index < -0.39 is 15.8 Å². The van der Waals surface area contributed by atoms with Crippen LogP contribution in [-0.2, 0) is 0 Å². The van der Waals surface area contributed by atoms with E-state index in [1.54, 1.807) is 0 Å². The maximum absolute atomic E-state index is 10.6. The molecule has 150 valence electrons. The standard InChI is InChI=1S/C27H26OP2/c28-21-27(30(25-17-9-3-10-18-25)26-19-11-4-12-20-26)22-29(23-13-5-1-6-14-23)24-15-7-2-8-16-24/h1-20,27-28H,21-22H2. The van der Waals surface area contributed by atoms with E-state index in [4.69, 9.17) is 0 Å². The molecule has 0 spiro atoms. The molecule has 0 amide bonds. The van der Waals surface area contributed by atoms with Crippen LogP contribution in [0.2, 0.25) is 0 Å². The van der Waals surface area contributed by atoms with E-state index in [1.165, 1.54) is 21.2 Å². The fourth-order valence-electron chi connectivity index (χ4n) is 3.76. The first-order valence-electron chi connectivity index (χ1n) is 10.2. The van der Waals surface area contributed by atoms with Crippen molar-refractivity contribution in [2.75, 3.05) is 12.8 Å². The zero-order chi connectivity index (χ0) is 20.6. The van der Waals surface area contributed by atoms with E-state index in [9.17, 15) is 5.11 Å². The summed E-state index contributed by atoms with van der Waals surface area (Å²) >= 11 is 0. The second-order valence-electron chi connectivity index (χ2n) is 7.16. The smallest absolute Gasteiger partial charge is 0.0508 e. The normalized spacial score (nSPS) is 12.2. The summed E-state index contributed by atoms with van der Waals surface area (Å²) in [5.74, 6) is 0.